The van der Waals surface area contributed by atoms with Gasteiger partial charge in [0.2, 0.25) is 0 Å². The zero-order valence-electron chi connectivity index (χ0n) is 19.8. The number of nitrogens with zero attached hydrogens (tertiary/aromatic N) is 4. The van der Waals surface area contributed by atoms with Gasteiger partial charge in [-0.3, -0.25) is 4.68 Å². The second-order valence-corrected chi connectivity index (χ2v) is 11.3. The number of hydrogen-bond acceptors (Lipinski definition) is 6. The SMILES string of the molecule is Cc1c(-c2cn(S(=O)(=O)c3ccccc3)c3ncc(C4CCC5(CC4)OCCO5)cc23)cnn1C. The van der Waals surface area contributed by atoms with E-state index in [4.69, 9.17) is 14.5 Å². The van der Waals surface area contributed by atoms with Crippen LogP contribution >= 0.6 is 0 Å². The van der Waals surface area contributed by atoms with Gasteiger partial charge in [0.05, 0.1) is 24.3 Å². The van der Waals surface area contributed by atoms with Crippen molar-refractivity contribution in [2.24, 2.45) is 7.05 Å². The van der Waals surface area contributed by atoms with E-state index in [1.54, 1.807) is 47.4 Å². The van der Waals surface area contributed by atoms with Gasteiger partial charge in [-0.1, -0.05) is 18.2 Å². The maximum atomic E-state index is 13.6. The minimum Gasteiger partial charge on any atom is -0.348 e. The van der Waals surface area contributed by atoms with Crippen molar-refractivity contribution in [3.63, 3.8) is 0 Å². The van der Waals surface area contributed by atoms with Crippen LogP contribution in [0.1, 0.15) is 42.9 Å². The molecule has 1 aromatic carbocycles. The highest BCUT2D eigenvalue weighted by molar-refractivity contribution is 7.90. The molecular weight excluding hydrogens is 464 g/mol. The fraction of sp³-hybridized carbons (Fsp3) is 0.385. The summed E-state index contributed by atoms with van der Waals surface area (Å²) in [4.78, 5) is 4.94. The van der Waals surface area contributed by atoms with Crippen LogP contribution < -0.4 is 0 Å². The predicted octanol–water partition coefficient (Wildman–Crippen LogP) is 4.38. The average Bonchev–Trinajstić information content (AvgIpc) is 3.58. The smallest absolute Gasteiger partial charge is 0.269 e. The van der Waals surface area contributed by atoms with Gasteiger partial charge < -0.3 is 9.47 Å². The minimum atomic E-state index is -3.82. The first kappa shape index (κ1) is 22.5. The van der Waals surface area contributed by atoms with Crippen LogP contribution in [0.2, 0.25) is 0 Å². The monoisotopic (exact) mass is 492 g/mol. The van der Waals surface area contributed by atoms with Crippen molar-refractivity contribution in [1.29, 1.82) is 0 Å². The summed E-state index contributed by atoms with van der Waals surface area (Å²) in [7, 11) is -1.94. The quantitative estimate of drug-likeness (QED) is 0.420. The average molecular weight is 493 g/mol. The summed E-state index contributed by atoms with van der Waals surface area (Å²) in [5.74, 6) is -0.0960. The molecule has 2 aliphatic rings. The molecule has 6 rings (SSSR count). The molecule has 8 nitrogen and oxygen atoms in total. The molecule has 0 N–H and O–H groups in total. The lowest BCUT2D eigenvalue weighted by atomic mass is 9.81. The summed E-state index contributed by atoms with van der Waals surface area (Å²) >= 11 is 0. The van der Waals surface area contributed by atoms with Crippen LogP contribution in [0.4, 0.5) is 0 Å². The first-order valence-electron chi connectivity index (χ1n) is 12.0. The Kier molecular flexibility index (Phi) is 5.32. The van der Waals surface area contributed by atoms with Gasteiger partial charge in [0, 0.05) is 54.5 Å². The van der Waals surface area contributed by atoms with Crippen molar-refractivity contribution in [2.75, 3.05) is 13.2 Å². The van der Waals surface area contributed by atoms with Gasteiger partial charge in [-0.25, -0.2) is 17.4 Å². The van der Waals surface area contributed by atoms with Crippen molar-refractivity contribution in [3.05, 3.63) is 66.2 Å². The predicted molar refractivity (Wildman–Crippen MR) is 132 cm³/mol. The summed E-state index contributed by atoms with van der Waals surface area (Å²) in [5, 5.41) is 5.20. The Balaban J connectivity index is 1.46. The molecule has 2 fully saturated rings. The zero-order chi connectivity index (χ0) is 24.2. The molecule has 0 atom stereocenters. The van der Waals surface area contributed by atoms with Crippen molar-refractivity contribution in [1.82, 2.24) is 18.7 Å². The molecule has 4 heterocycles. The van der Waals surface area contributed by atoms with Crippen LogP contribution in [0, 0.1) is 6.92 Å². The van der Waals surface area contributed by atoms with E-state index >= 15 is 0 Å². The molecule has 0 amide bonds. The third-order valence-corrected chi connectivity index (χ3v) is 9.16. The Hall–Kier alpha value is -3.01. The molecular formula is C26H28N4O4S. The van der Waals surface area contributed by atoms with E-state index in [0.29, 0.717) is 24.8 Å². The lowest BCUT2D eigenvalue weighted by molar-refractivity contribution is -0.178. The van der Waals surface area contributed by atoms with Crippen LogP contribution in [-0.4, -0.2) is 46.2 Å². The van der Waals surface area contributed by atoms with E-state index in [1.807, 2.05) is 20.2 Å². The Morgan fingerprint density at radius 3 is 2.40 bits per heavy atom. The molecule has 1 aliphatic heterocycles. The molecule has 4 aromatic rings. The summed E-state index contributed by atoms with van der Waals surface area (Å²) in [6.07, 6.45) is 8.90. The van der Waals surface area contributed by atoms with Gasteiger partial charge in [0.1, 0.15) is 0 Å². The number of fused-ring (bicyclic) bond motifs is 1. The van der Waals surface area contributed by atoms with E-state index < -0.39 is 15.8 Å². The minimum absolute atomic E-state index is 0.228. The Morgan fingerprint density at radius 1 is 1.03 bits per heavy atom. The van der Waals surface area contributed by atoms with Gasteiger partial charge in [-0.15, -0.1) is 0 Å². The number of rotatable bonds is 4. The van der Waals surface area contributed by atoms with Crippen LogP contribution in [0.5, 0.6) is 0 Å². The second kappa shape index (κ2) is 8.29. The van der Waals surface area contributed by atoms with E-state index in [1.165, 1.54) is 3.97 Å². The summed E-state index contributed by atoms with van der Waals surface area (Å²) in [5.41, 5.74) is 4.21. The lowest BCUT2D eigenvalue weighted by Gasteiger charge is -2.35. The first-order valence-corrected chi connectivity index (χ1v) is 13.4. The third kappa shape index (κ3) is 3.69. The Bertz CT molecular complexity index is 1490. The normalized spacial score (nSPS) is 18.6. The van der Waals surface area contributed by atoms with Crippen molar-refractivity contribution < 1.29 is 17.9 Å². The highest BCUT2D eigenvalue weighted by atomic mass is 32.2. The molecule has 1 saturated carbocycles. The molecule has 0 radical (unpaired) electrons. The maximum absolute atomic E-state index is 13.6. The molecule has 0 unspecified atom stereocenters. The van der Waals surface area contributed by atoms with Gasteiger partial charge in [-0.05, 0) is 49.4 Å². The number of hydrogen-bond donors (Lipinski definition) is 0. The summed E-state index contributed by atoms with van der Waals surface area (Å²) in [6, 6.07) is 10.6. The topological polar surface area (TPSA) is 88.2 Å². The molecule has 182 valence electrons. The van der Waals surface area contributed by atoms with E-state index in [0.717, 1.165) is 53.5 Å². The van der Waals surface area contributed by atoms with Gasteiger partial charge >= 0.3 is 0 Å². The molecule has 1 aliphatic carbocycles. The number of benzene rings is 1. The summed E-state index contributed by atoms with van der Waals surface area (Å²) in [6.45, 7) is 3.31. The third-order valence-electron chi connectivity index (χ3n) is 7.49. The fourth-order valence-corrected chi connectivity index (χ4v) is 6.71. The zero-order valence-corrected chi connectivity index (χ0v) is 20.7. The number of aryl methyl sites for hydroxylation is 1. The molecule has 1 saturated heterocycles. The standard InChI is InChI=1S/C26H28N4O4S/c1-18-23(16-28-29(18)2)24-17-30(35(31,32)21-6-4-3-5-7-21)25-22(24)14-20(15-27-25)19-8-10-26(11-9-19)33-12-13-34-26/h3-7,14-17,19H,8-13H2,1-2H3. The number of pyridine rings is 1. The van der Waals surface area contributed by atoms with E-state index in [2.05, 4.69) is 11.2 Å². The molecule has 9 heteroatoms. The van der Waals surface area contributed by atoms with Crippen LogP contribution in [0.15, 0.2) is 59.9 Å². The van der Waals surface area contributed by atoms with Gasteiger partial charge in [-0.2, -0.15) is 5.10 Å². The largest absolute Gasteiger partial charge is 0.348 e. The maximum Gasteiger partial charge on any atom is 0.269 e. The molecule has 35 heavy (non-hydrogen) atoms. The highest BCUT2D eigenvalue weighted by Crippen LogP contribution is 2.43. The summed E-state index contributed by atoms with van der Waals surface area (Å²) < 4.78 is 42.1. The Morgan fingerprint density at radius 2 is 1.74 bits per heavy atom. The fourth-order valence-electron chi connectivity index (χ4n) is 5.36. The second-order valence-electron chi connectivity index (χ2n) is 9.45. The molecule has 0 bridgehead atoms. The number of ether oxygens (including phenoxy) is 2. The van der Waals surface area contributed by atoms with Crippen LogP contribution in [-0.2, 0) is 26.5 Å². The van der Waals surface area contributed by atoms with Crippen LogP contribution in [0.25, 0.3) is 22.2 Å². The molecule has 1 spiro atoms. The van der Waals surface area contributed by atoms with Crippen molar-refractivity contribution in [2.45, 2.75) is 49.2 Å². The highest BCUT2D eigenvalue weighted by Gasteiger charge is 2.40. The van der Waals surface area contributed by atoms with Crippen LogP contribution in [0.3, 0.4) is 0 Å². The van der Waals surface area contributed by atoms with Crippen molar-refractivity contribution in [3.8, 4) is 11.1 Å². The number of aromatic nitrogens is 4. The lowest BCUT2D eigenvalue weighted by Crippen LogP contribution is -2.34. The Labute approximate surface area is 204 Å². The van der Waals surface area contributed by atoms with E-state index in [9.17, 15) is 8.42 Å². The first-order chi connectivity index (χ1) is 16.9. The van der Waals surface area contributed by atoms with E-state index in [-0.39, 0.29) is 4.90 Å². The van der Waals surface area contributed by atoms with Gasteiger partial charge in [0.15, 0.2) is 11.4 Å². The van der Waals surface area contributed by atoms with Crippen molar-refractivity contribution >= 4 is 21.1 Å². The molecule has 3 aromatic heterocycles. The van der Waals surface area contributed by atoms with Gasteiger partial charge in [0.25, 0.3) is 10.0 Å².